The molecule has 0 fully saturated rings. The average Bonchev–Trinajstić information content (AvgIpc) is 2.83. The highest BCUT2D eigenvalue weighted by Gasteiger charge is 2.22. The van der Waals surface area contributed by atoms with Crippen molar-refractivity contribution in [1.82, 2.24) is 10.3 Å². The Morgan fingerprint density at radius 3 is 2.25 bits per heavy atom. The van der Waals surface area contributed by atoms with Gasteiger partial charge in [-0.3, -0.25) is 9.78 Å². The van der Waals surface area contributed by atoms with Gasteiger partial charge in [-0.15, -0.1) is 0 Å². The summed E-state index contributed by atoms with van der Waals surface area (Å²) in [6.07, 6.45) is 1.28. The van der Waals surface area contributed by atoms with Crippen molar-refractivity contribution in [2.75, 3.05) is 5.32 Å². The Kier molecular flexibility index (Phi) is 6.72. The van der Waals surface area contributed by atoms with Crippen LogP contribution in [0.25, 0.3) is 10.9 Å². The molecule has 2 amide bonds. The summed E-state index contributed by atoms with van der Waals surface area (Å²) in [5.74, 6) is -0.345. The Balaban J connectivity index is 1.45. The van der Waals surface area contributed by atoms with E-state index in [1.807, 2.05) is 91.0 Å². The molecule has 4 rings (SSSR count). The molecule has 0 unspecified atom stereocenters. The molecule has 1 heterocycles. The van der Waals surface area contributed by atoms with Gasteiger partial charge in [-0.2, -0.15) is 0 Å². The lowest BCUT2D eigenvalue weighted by molar-refractivity contribution is -0.118. The van der Waals surface area contributed by atoms with E-state index < -0.39 is 12.1 Å². The van der Waals surface area contributed by atoms with Crippen LogP contribution in [0, 0.1) is 0 Å². The van der Waals surface area contributed by atoms with Crippen LogP contribution in [0.5, 0.6) is 0 Å². The number of alkyl carbamates (subject to hydrolysis) is 1. The van der Waals surface area contributed by atoms with Gasteiger partial charge in [0.25, 0.3) is 0 Å². The quantitative estimate of drug-likeness (QED) is 0.449. The Morgan fingerprint density at radius 1 is 0.844 bits per heavy atom. The lowest BCUT2D eigenvalue weighted by Crippen LogP contribution is -2.45. The van der Waals surface area contributed by atoms with Crippen molar-refractivity contribution in [3.63, 3.8) is 0 Å². The smallest absolute Gasteiger partial charge is 0.408 e. The fourth-order valence-corrected chi connectivity index (χ4v) is 3.33. The molecule has 0 aliphatic heterocycles. The van der Waals surface area contributed by atoms with E-state index in [1.54, 1.807) is 6.20 Å². The summed E-state index contributed by atoms with van der Waals surface area (Å²) in [6.45, 7) is 0.126. The number of hydrogen-bond acceptors (Lipinski definition) is 4. The zero-order valence-electron chi connectivity index (χ0n) is 17.4. The molecule has 0 aliphatic rings. The number of hydrogen-bond donors (Lipinski definition) is 2. The van der Waals surface area contributed by atoms with Gasteiger partial charge in [0.05, 0.1) is 17.4 Å². The number of ether oxygens (including phenoxy) is 1. The van der Waals surface area contributed by atoms with Crippen LogP contribution in [0.2, 0.25) is 0 Å². The summed E-state index contributed by atoms with van der Waals surface area (Å²) in [5.41, 5.74) is 3.20. The first kappa shape index (κ1) is 21.1. The highest BCUT2D eigenvalue weighted by Crippen LogP contribution is 2.16. The highest BCUT2D eigenvalue weighted by molar-refractivity contribution is 5.98. The summed E-state index contributed by atoms with van der Waals surface area (Å²) in [5, 5.41) is 6.48. The first-order valence-corrected chi connectivity index (χ1v) is 10.3. The predicted molar refractivity (Wildman–Crippen MR) is 124 cm³/mol. The summed E-state index contributed by atoms with van der Waals surface area (Å²) in [7, 11) is 0. The monoisotopic (exact) mass is 425 g/mol. The van der Waals surface area contributed by atoms with Crippen LogP contribution < -0.4 is 10.6 Å². The number of aromatic nitrogens is 1. The summed E-state index contributed by atoms with van der Waals surface area (Å²) >= 11 is 0. The van der Waals surface area contributed by atoms with Gasteiger partial charge in [0, 0.05) is 11.8 Å². The zero-order valence-corrected chi connectivity index (χ0v) is 17.4. The SMILES string of the molecule is O=C(N[C@@H](Cc1ccccc1)C(=O)Nc1cnc2ccccc2c1)OCc1ccccc1. The van der Waals surface area contributed by atoms with Crippen LogP contribution >= 0.6 is 0 Å². The second-order valence-corrected chi connectivity index (χ2v) is 7.35. The van der Waals surface area contributed by atoms with Crippen molar-refractivity contribution < 1.29 is 14.3 Å². The summed E-state index contributed by atoms with van der Waals surface area (Å²) in [6, 6.07) is 27.6. The molecular weight excluding hydrogens is 402 g/mol. The van der Waals surface area contributed by atoms with Crippen LogP contribution in [0.15, 0.2) is 97.2 Å². The number of carbonyl (C=O) groups excluding carboxylic acids is 2. The average molecular weight is 425 g/mol. The Morgan fingerprint density at radius 2 is 1.50 bits per heavy atom. The Bertz CT molecular complexity index is 1200. The van der Waals surface area contributed by atoms with E-state index >= 15 is 0 Å². The van der Waals surface area contributed by atoms with Gasteiger partial charge in [-0.1, -0.05) is 78.9 Å². The molecule has 3 aromatic carbocycles. The van der Waals surface area contributed by atoms with Crippen molar-refractivity contribution in [3.05, 3.63) is 108 Å². The maximum Gasteiger partial charge on any atom is 0.408 e. The van der Waals surface area contributed by atoms with Crippen molar-refractivity contribution >= 4 is 28.6 Å². The number of carbonyl (C=O) groups is 2. The number of rotatable bonds is 7. The topological polar surface area (TPSA) is 80.3 Å². The van der Waals surface area contributed by atoms with Gasteiger partial charge in [-0.25, -0.2) is 4.79 Å². The molecule has 0 radical (unpaired) electrons. The molecule has 0 saturated heterocycles. The number of nitrogens with one attached hydrogen (secondary N) is 2. The number of fused-ring (bicyclic) bond motifs is 1. The Labute approximate surface area is 186 Å². The molecule has 0 aliphatic carbocycles. The lowest BCUT2D eigenvalue weighted by atomic mass is 10.1. The molecule has 0 saturated carbocycles. The van der Waals surface area contributed by atoms with E-state index in [9.17, 15) is 9.59 Å². The number of pyridine rings is 1. The largest absolute Gasteiger partial charge is 0.445 e. The fourth-order valence-electron chi connectivity index (χ4n) is 3.33. The minimum absolute atomic E-state index is 0.126. The molecule has 160 valence electrons. The molecule has 4 aromatic rings. The van der Waals surface area contributed by atoms with Crippen molar-refractivity contribution in [2.24, 2.45) is 0 Å². The van der Waals surface area contributed by atoms with Crippen molar-refractivity contribution in [1.29, 1.82) is 0 Å². The second kappa shape index (κ2) is 10.2. The van der Waals surface area contributed by atoms with E-state index in [4.69, 9.17) is 4.74 Å². The summed E-state index contributed by atoms with van der Waals surface area (Å²) in [4.78, 5) is 29.9. The number of amides is 2. The minimum Gasteiger partial charge on any atom is -0.445 e. The van der Waals surface area contributed by atoms with E-state index in [0.29, 0.717) is 12.1 Å². The maximum absolute atomic E-state index is 13.1. The fraction of sp³-hybridized carbons (Fsp3) is 0.115. The Hall–Kier alpha value is -4.19. The predicted octanol–water partition coefficient (Wildman–Crippen LogP) is 4.71. The number of anilines is 1. The number of para-hydroxylation sites is 1. The van der Waals surface area contributed by atoms with Gasteiger partial charge >= 0.3 is 6.09 Å². The van der Waals surface area contributed by atoms with Crippen LogP contribution in [0.1, 0.15) is 11.1 Å². The van der Waals surface area contributed by atoms with Crippen LogP contribution in [-0.2, 0) is 22.6 Å². The molecule has 0 bridgehead atoms. The third-order valence-corrected chi connectivity index (χ3v) is 4.96. The molecule has 32 heavy (non-hydrogen) atoms. The normalized spacial score (nSPS) is 11.5. The first-order valence-electron chi connectivity index (χ1n) is 10.3. The lowest BCUT2D eigenvalue weighted by Gasteiger charge is -2.19. The van der Waals surface area contributed by atoms with Crippen molar-refractivity contribution in [3.8, 4) is 0 Å². The first-order chi connectivity index (χ1) is 15.7. The minimum atomic E-state index is -0.813. The van der Waals surface area contributed by atoms with Crippen LogP contribution in [0.3, 0.4) is 0 Å². The molecule has 1 aromatic heterocycles. The molecule has 1 atom stereocenters. The molecule has 6 heteroatoms. The maximum atomic E-state index is 13.1. The molecule has 6 nitrogen and oxygen atoms in total. The van der Waals surface area contributed by atoms with E-state index in [1.165, 1.54) is 0 Å². The van der Waals surface area contributed by atoms with Crippen molar-refractivity contribution in [2.45, 2.75) is 19.1 Å². The molecule has 0 spiro atoms. The van der Waals surface area contributed by atoms with Gasteiger partial charge in [0.15, 0.2) is 0 Å². The highest BCUT2D eigenvalue weighted by atomic mass is 16.5. The van der Waals surface area contributed by atoms with E-state index in [0.717, 1.165) is 22.0 Å². The van der Waals surface area contributed by atoms with E-state index in [-0.39, 0.29) is 12.5 Å². The van der Waals surface area contributed by atoms with Gasteiger partial charge in [-0.05, 0) is 23.3 Å². The van der Waals surface area contributed by atoms with Gasteiger partial charge in [0.1, 0.15) is 12.6 Å². The standard InChI is InChI=1S/C26H23N3O3/c30-25(28-22-16-21-13-7-8-14-23(21)27-17-22)24(15-19-9-3-1-4-10-19)29-26(31)32-18-20-11-5-2-6-12-20/h1-14,16-17,24H,15,18H2,(H,28,30)(H,29,31)/t24-/m0/s1. The number of benzene rings is 3. The van der Waals surface area contributed by atoms with E-state index in [2.05, 4.69) is 15.6 Å². The van der Waals surface area contributed by atoms with Gasteiger partial charge in [0.2, 0.25) is 5.91 Å². The number of nitrogens with zero attached hydrogens (tertiary/aromatic N) is 1. The third-order valence-electron chi connectivity index (χ3n) is 4.96. The van der Waals surface area contributed by atoms with Crippen LogP contribution in [-0.4, -0.2) is 23.0 Å². The molecule has 2 N–H and O–H groups in total. The third kappa shape index (κ3) is 5.70. The summed E-state index contributed by atoms with van der Waals surface area (Å²) < 4.78 is 5.31. The second-order valence-electron chi connectivity index (χ2n) is 7.35. The molecular formula is C26H23N3O3. The van der Waals surface area contributed by atoms with Crippen LogP contribution in [0.4, 0.5) is 10.5 Å². The van der Waals surface area contributed by atoms with Gasteiger partial charge < -0.3 is 15.4 Å². The zero-order chi connectivity index (χ0) is 22.2.